The van der Waals surface area contributed by atoms with Crippen LogP contribution in [0, 0.1) is 13.8 Å². The number of H-pyrrole nitrogens is 1. The summed E-state index contributed by atoms with van der Waals surface area (Å²) in [4.78, 5) is 22.4. The van der Waals surface area contributed by atoms with Gasteiger partial charge in [-0.25, -0.2) is 4.98 Å². The number of hydrogen-bond acceptors (Lipinski definition) is 3. The molecule has 1 aromatic carbocycles. The highest BCUT2D eigenvalue weighted by Crippen LogP contribution is 2.23. The molecule has 6 nitrogen and oxygen atoms in total. The van der Waals surface area contributed by atoms with E-state index >= 15 is 0 Å². The Kier molecular flexibility index (Phi) is 4.03. The number of likely N-dealkylation sites (tertiary alicyclic amines) is 1. The molecule has 6 heteroatoms. The van der Waals surface area contributed by atoms with Gasteiger partial charge < -0.3 is 9.88 Å². The number of carbonyl (C=O) groups excluding carboxylic acids is 1. The number of imidazole rings is 1. The number of fused-ring (bicyclic) bond motifs is 1. The van der Waals surface area contributed by atoms with Crippen LogP contribution < -0.4 is 0 Å². The molecule has 0 spiro atoms. The molecule has 130 valence electrons. The molecule has 1 saturated heterocycles. The zero-order valence-electron chi connectivity index (χ0n) is 14.7. The van der Waals surface area contributed by atoms with Crippen LogP contribution in [0.2, 0.25) is 0 Å². The highest BCUT2D eigenvalue weighted by molar-refractivity contribution is 5.97. The SMILES string of the molecule is Cc1cc(C)n(CC2CCCCN2C(=O)c2ccc3nc[nH]c3c2)n1. The van der Waals surface area contributed by atoms with Gasteiger partial charge in [0, 0.05) is 17.8 Å². The predicted octanol–water partition coefficient (Wildman–Crippen LogP) is 3.07. The lowest BCUT2D eigenvalue weighted by Crippen LogP contribution is -2.46. The molecular weight excluding hydrogens is 314 g/mol. The van der Waals surface area contributed by atoms with E-state index in [-0.39, 0.29) is 11.9 Å². The van der Waals surface area contributed by atoms with Crippen molar-refractivity contribution in [2.24, 2.45) is 0 Å². The van der Waals surface area contributed by atoms with Gasteiger partial charge >= 0.3 is 0 Å². The van der Waals surface area contributed by atoms with Gasteiger partial charge in [0.05, 0.1) is 35.6 Å². The van der Waals surface area contributed by atoms with Crippen molar-refractivity contribution in [3.8, 4) is 0 Å². The van der Waals surface area contributed by atoms with E-state index < -0.39 is 0 Å². The molecule has 1 atom stereocenters. The standard InChI is InChI=1S/C19H23N5O/c1-13-9-14(2)24(22-13)11-16-5-3-4-8-23(16)19(25)15-6-7-17-18(10-15)21-12-20-17/h6-7,9-10,12,16H,3-5,8,11H2,1-2H3,(H,20,21). The summed E-state index contributed by atoms with van der Waals surface area (Å²) in [6.45, 7) is 5.65. The van der Waals surface area contributed by atoms with Gasteiger partial charge in [0.25, 0.3) is 5.91 Å². The second kappa shape index (κ2) is 6.35. The van der Waals surface area contributed by atoms with Crippen LogP contribution in [0.4, 0.5) is 0 Å². The number of aryl methyl sites for hydroxylation is 2. The molecule has 25 heavy (non-hydrogen) atoms. The molecule has 0 aliphatic carbocycles. The topological polar surface area (TPSA) is 66.8 Å². The van der Waals surface area contributed by atoms with Crippen LogP contribution in [0.15, 0.2) is 30.6 Å². The monoisotopic (exact) mass is 337 g/mol. The van der Waals surface area contributed by atoms with E-state index in [4.69, 9.17) is 0 Å². The Balaban J connectivity index is 1.59. The fourth-order valence-corrected chi connectivity index (χ4v) is 3.75. The van der Waals surface area contributed by atoms with Crippen LogP contribution in [-0.4, -0.2) is 43.1 Å². The minimum Gasteiger partial charge on any atom is -0.345 e. The molecule has 1 fully saturated rings. The van der Waals surface area contributed by atoms with Crippen LogP contribution in [0.5, 0.6) is 0 Å². The number of nitrogens with zero attached hydrogens (tertiary/aromatic N) is 4. The van der Waals surface area contributed by atoms with Crippen molar-refractivity contribution in [2.75, 3.05) is 6.54 Å². The van der Waals surface area contributed by atoms with Gasteiger partial charge in [-0.15, -0.1) is 0 Å². The summed E-state index contributed by atoms with van der Waals surface area (Å²) in [5.41, 5.74) is 4.68. The normalized spacial score (nSPS) is 18.0. The van der Waals surface area contributed by atoms with E-state index in [2.05, 4.69) is 28.1 Å². The third-order valence-corrected chi connectivity index (χ3v) is 5.04. The Hall–Kier alpha value is -2.63. The maximum absolute atomic E-state index is 13.1. The summed E-state index contributed by atoms with van der Waals surface area (Å²) in [7, 11) is 0. The van der Waals surface area contributed by atoms with Gasteiger partial charge in [-0.05, 0) is 57.4 Å². The number of piperidine rings is 1. The van der Waals surface area contributed by atoms with E-state index in [9.17, 15) is 4.79 Å². The highest BCUT2D eigenvalue weighted by atomic mass is 16.2. The van der Waals surface area contributed by atoms with Crippen LogP contribution in [-0.2, 0) is 6.54 Å². The average molecular weight is 337 g/mol. The number of rotatable bonds is 3. The Morgan fingerprint density at radius 2 is 2.16 bits per heavy atom. The largest absolute Gasteiger partial charge is 0.345 e. The molecule has 1 aliphatic heterocycles. The first-order chi connectivity index (χ1) is 12.1. The fraction of sp³-hybridized carbons (Fsp3) is 0.421. The number of nitrogens with one attached hydrogen (secondary N) is 1. The second-order valence-corrected chi connectivity index (χ2v) is 6.89. The van der Waals surface area contributed by atoms with Crippen molar-refractivity contribution in [3.63, 3.8) is 0 Å². The molecule has 3 aromatic rings. The van der Waals surface area contributed by atoms with Crippen LogP contribution >= 0.6 is 0 Å². The first kappa shape index (κ1) is 15.9. The summed E-state index contributed by atoms with van der Waals surface area (Å²) >= 11 is 0. The molecule has 4 rings (SSSR count). The molecule has 1 unspecified atom stereocenters. The lowest BCUT2D eigenvalue weighted by Gasteiger charge is -2.36. The summed E-state index contributed by atoms with van der Waals surface area (Å²) < 4.78 is 2.03. The van der Waals surface area contributed by atoms with Crippen molar-refractivity contribution >= 4 is 16.9 Å². The summed E-state index contributed by atoms with van der Waals surface area (Å²) in [6.07, 6.45) is 4.90. The van der Waals surface area contributed by atoms with E-state index in [1.807, 2.05) is 34.7 Å². The van der Waals surface area contributed by atoms with Crippen LogP contribution in [0.25, 0.3) is 11.0 Å². The third kappa shape index (κ3) is 3.04. The summed E-state index contributed by atoms with van der Waals surface area (Å²) in [5, 5.41) is 4.57. The maximum Gasteiger partial charge on any atom is 0.254 e. The van der Waals surface area contributed by atoms with Gasteiger partial charge in [0.2, 0.25) is 0 Å². The number of hydrogen-bond donors (Lipinski definition) is 1. The molecular formula is C19H23N5O. The van der Waals surface area contributed by atoms with E-state index in [0.29, 0.717) is 0 Å². The molecule has 0 saturated carbocycles. The molecule has 1 N–H and O–H groups in total. The first-order valence-electron chi connectivity index (χ1n) is 8.87. The number of aromatic nitrogens is 4. The van der Waals surface area contributed by atoms with E-state index in [1.165, 1.54) is 0 Å². The summed E-state index contributed by atoms with van der Waals surface area (Å²) in [5.74, 6) is 0.0998. The van der Waals surface area contributed by atoms with Crippen molar-refractivity contribution in [3.05, 3.63) is 47.5 Å². The van der Waals surface area contributed by atoms with Gasteiger partial charge in [0.15, 0.2) is 0 Å². The zero-order chi connectivity index (χ0) is 17.4. The minimum atomic E-state index is 0.0998. The average Bonchev–Trinajstić information content (AvgIpc) is 3.20. The number of benzene rings is 1. The van der Waals surface area contributed by atoms with Crippen molar-refractivity contribution in [2.45, 2.75) is 45.7 Å². The van der Waals surface area contributed by atoms with Gasteiger partial charge in [-0.2, -0.15) is 5.10 Å². The fourth-order valence-electron chi connectivity index (χ4n) is 3.75. The van der Waals surface area contributed by atoms with E-state index in [0.717, 1.165) is 60.3 Å². The van der Waals surface area contributed by atoms with Crippen LogP contribution in [0.3, 0.4) is 0 Å². The Morgan fingerprint density at radius 1 is 1.28 bits per heavy atom. The predicted molar refractivity (Wildman–Crippen MR) is 96.5 cm³/mol. The lowest BCUT2D eigenvalue weighted by molar-refractivity contribution is 0.0583. The second-order valence-electron chi connectivity index (χ2n) is 6.89. The van der Waals surface area contributed by atoms with Gasteiger partial charge in [0.1, 0.15) is 0 Å². The zero-order valence-corrected chi connectivity index (χ0v) is 14.7. The van der Waals surface area contributed by atoms with E-state index in [1.54, 1.807) is 6.33 Å². The van der Waals surface area contributed by atoms with Crippen molar-refractivity contribution in [1.82, 2.24) is 24.6 Å². The molecule has 0 radical (unpaired) electrons. The van der Waals surface area contributed by atoms with Crippen LogP contribution in [0.1, 0.15) is 41.0 Å². The van der Waals surface area contributed by atoms with Gasteiger partial charge in [-0.1, -0.05) is 0 Å². The van der Waals surface area contributed by atoms with Gasteiger partial charge in [-0.3, -0.25) is 9.48 Å². The molecule has 2 aromatic heterocycles. The molecule has 1 amide bonds. The van der Waals surface area contributed by atoms with Crippen molar-refractivity contribution in [1.29, 1.82) is 0 Å². The Bertz CT molecular complexity index is 910. The summed E-state index contributed by atoms with van der Waals surface area (Å²) in [6, 6.07) is 7.96. The quantitative estimate of drug-likeness (QED) is 0.799. The smallest absolute Gasteiger partial charge is 0.254 e. The maximum atomic E-state index is 13.1. The highest BCUT2D eigenvalue weighted by Gasteiger charge is 2.28. The molecule has 3 heterocycles. The lowest BCUT2D eigenvalue weighted by atomic mass is 10.0. The Morgan fingerprint density at radius 3 is 2.96 bits per heavy atom. The number of aromatic amines is 1. The number of amides is 1. The molecule has 0 bridgehead atoms. The van der Waals surface area contributed by atoms with Crippen molar-refractivity contribution < 1.29 is 4.79 Å². The minimum absolute atomic E-state index is 0.0998. The third-order valence-electron chi connectivity index (χ3n) is 5.04. The first-order valence-corrected chi connectivity index (χ1v) is 8.87. The number of carbonyl (C=O) groups is 1. The molecule has 1 aliphatic rings. The Labute approximate surface area is 146 Å².